The van der Waals surface area contributed by atoms with Crippen molar-refractivity contribution in [3.8, 4) is 0 Å². The molecular weight excluding hydrogens is 274 g/mol. The second kappa shape index (κ2) is 5.21. The zero-order chi connectivity index (χ0) is 14.0. The Hall–Kier alpha value is -2.19. The number of nitrogen functional groups attached to an aromatic ring is 1. The smallest absolute Gasteiger partial charge is 0.255 e. The fourth-order valence-corrected chi connectivity index (χ4v) is 1.87. The Morgan fingerprint density at radius 1 is 1.37 bits per heavy atom. The van der Waals surface area contributed by atoms with Gasteiger partial charge in [-0.2, -0.15) is 0 Å². The van der Waals surface area contributed by atoms with Crippen molar-refractivity contribution in [1.29, 1.82) is 0 Å². The van der Waals surface area contributed by atoms with Crippen molar-refractivity contribution >= 4 is 35.1 Å². The Balaban J connectivity index is 2.26. The van der Waals surface area contributed by atoms with Gasteiger partial charge in [-0.25, -0.2) is 10.8 Å². The van der Waals surface area contributed by atoms with E-state index in [-0.39, 0.29) is 29.6 Å². The van der Waals surface area contributed by atoms with Crippen molar-refractivity contribution in [3.05, 3.63) is 22.8 Å². The van der Waals surface area contributed by atoms with Gasteiger partial charge in [0.1, 0.15) is 24.1 Å². The number of aromatic nitrogens is 1. The highest BCUT2D eigenvalue weighted by molar-refractivity contribution is 6.30. The third-order valence-corrected chi connectivity index (χ3v) is 2.62. The van der Waals surface area contributed by atoms with Crippen LogP contribution in [0.15, 0.2) is 12.1 Å². The fourth-order valence-electron chi connectivity index (χ4n) is 1.66. The van der Waals surface area contributed by atoms with E-state index in [9.17, 15) is 14.4 Å². The van der Waals surface area contributed by atoms with Gasteiger partial charge in [0.05, 0.1) is 0 Å². The number of hydrogen-bond donors (Lipinski definition) is 3. The van der Waals surface area contributed by atoms with Crippen LogP contribution in [-0.2, 0) is 9.59 Å². The number of hydrogen-bond acceptors (Lipinski definition) is 6. The quantitative estimate of drug-likeness (QED) is 0.281. The monoisotopic (exact) mass is 283 g/mol. The van der Waals surface area contributed by atoms with E-state index < -0.39 is 17.7 Å². The van der Waals surface area contributed by atoms with E-state index in [0.29, 0.717) is 0 Å². The zero-order valence-corrected chi connectivity index (χ0v) is 10.4. The van der Waals surface area contributed by atoms with Crippen LogP contribution in [0, 0.1) is 0 Å². The van der Waals surface area contributed by atoms with Gasteiger partial charge in [-0.1, -0.05) is 11.6 Å². The minimum atomic E-state index is -0.526. The number of hydrazine groups is 1. The number of carbonyl (C=O) groups excluding carboxylic acids is 3. The molecule has 0 aromatic carbocycles. The van der Waals surface area contributed by atoms with Crippen LogP contribution in [0.1, 0.15) is 10.4 Å². The lowest BCUT2D eigenvalue weighted by atomic mass is 10.2. The standard InChI is InChI=1S/C10H10ClN5O3/c11-6-1-5(2-7(13-6)15-12)10(19)16-3-8(17)14-9(18)4-16/h1-2H,3-4,12H2,(H,13,15)(H,14,17,18). The lowest BCUT2D eigenvalue weighted by molar-refractivity contribution is -0.135. The maximum absolute atomic E-state index is 12.1. The highest BCUT2D eigenvalue weighted by Crippen LogP contribution is 2.16. The molecule has 4 N–H and O–H groups in total. The highest BCUT2D eigenvalue weighted by Gasteiger charge is 2.27. The molecule has 1 aromatic heterocycles. The first kappa shape index (κ1) is 13.2. The average molecular weight is 284 g/mol. The van der Waals surface area contributed by atoms with Gasteiger partial charge in [0.15, 0.2) is 0 Å². The fraction of sp³-hybridized carbons (Fsp3) is 0.200. The summed E-state index contributed by atoms with van der Waals surface area (Å²) in [7, 11) is 0. The number of carbonyl (C=O) groups is 3. The summed E-state index contributed by atoms with van der Waals surface area (Å²) in [6, 6.07) is 2.72. The van der Waals surface area contributed by atoms with Crippen molar-refractivity contribution in [2.75, 3.05) is 18.5 Å². The summed E-state index contributed by atoms with van der Waals surface area (Å²) < 4.78 is 0. The lowest BCUT2D eigenvalue weighted by Gasteiger charge is -2.25. The second-order valence-corrected chi connectivity index (χ2v) is 4.23. The molecule has 0 spiro atoms. The zero-order valence-electron chi connectivity index (χ0n) is 9.64. The Labute approximate surface area is 112 Å². The summed E-state index contributed by atoms with van der Waals surface area (Å²) in [5, 5.41) is 2.18. The van der Waals surface area contributed by atoms with E-state index in [4.69, 9.17) is 17.4 Å². The molecule has 1 aromatic rings. The molecule has 8 nitrogen and oxygen atoms in total. The summed E-state index contributed by atoms with van der Waals surface area (Å²) in [5.41, 5.74) is 2.46. The van der Waals surface area contributed by atoms with E-state index >= 15 is 0 Å². The Morgan fingerprint density at radius 3 is 2.58 bits per heavy atom. The number of rotatable bonds is 2. The third kappa shape index (κ3) is 2.98. The van der Waals surface area contributed by atoms with Gasteiger partial charge in [0.2, 0.25) is 11.8 Å². The van der Waals surface area contributed by atoms with Gasteiger partial charge in [-0.15, -0.1) is 0 Å². The number of halogens is 1. The molecule has 9 heteroatoms. The first-order valence-electron chi connectivity index (χ1n) is 5.26. The molecule has 0 atom stereocenters. The summed E-state index contributed by atoms with van der Waals surface area (Å²) in [4.78, 5) is 39.5. The molecule has 1 fully saturated rings. The van der Waals surface area contributed by atoms with E-state index in [1.54, 1.807) is 0 Å². The summed E-state index contributed by atoms with van der Waals surface area (Å²) >= 11 is 5.75. The maximum Gasteiger partial charge on any atom is 0.255 e. The van der Waals surface area contributed by atoms with Crippen LogP contribution in [0.2, 0.25) is 5.15 Å². The topological polar surface area (TPSA) is 117 Å². The Bertz CT molecular complexity index is 546. The highest BCUT2D eigenvalue weighted by atomic mass is 35.5. The molecule has 0 bridgehead atoms. The van der Waals surface area contributed by atoms with Gasteiger partial charge >= 0.3 is 0 Å². The number of imide groups is 1. The number of anilines is 1. The normalized spacial score (nSPS) is 15.2. The van der Waals surface area contributed by atoms with Crippen molar-refractivity contribution in [2.45, 2.75) is 0 Å². The number of pyridine rings is 1. The number of piperazine rings is 1. The van der Waals surface area contributed by atoms with Crippen LogP contribution < -0.4 is 16.6 Å². The molecule has 1 saturated heterocycles. The van der Waals surface area contributed by atoms with Crippen LogP contribution >= 0.6 is 11.6 Å². The molecular formula is C10H10ClN5O3. The van der Waals surface area contributed by atoms with E-state index in [1.165, 1.54) is 12.1 Å². The van der Waals surface area contributed by atoms with Crippen LogP contribution in [0.4, 0.5) is 5.82 Å². The van der Waals surface area contributed by atoms with Gasteiger partial charge in [-0.05, 0) is 12.1 Å². The third-order valence-electron chi connectivity index (χ3n) is 2.42. The number of amides is 3. The minimum absolute atomic E-state index is 0.0755. The molecule has 2 rings (SSSR count). The number of nitrogens with two attached hydrogens (primary N) is 1. The Kier molecular flexibility index (Phi) is 3.63. The molecule has 2 heterocycles. The molecule has 3 amide bonds. The molecule has 19 heavy (non-hydrogen) atoms. The summed E-state index contributed by atoms with van der Waals surface area (Å²) in [6.45, 7) is -0.369. The Morgan fingerprint density at radius 2 is 2.00 bits per heavy atom. The maximum atomic E-state index is 12.1. The summed E-state index contributed by atoms with van der Waals surface area (Å²) in [6.07, 6.45) is 0. The SMILES string of the molecule is NNc1cc(C(=O)N2CC(=O)NC(=O)C2)cc(Cl)n1. The first-order valence-corrected chi connectivity index (χ1v) is 5.63. The molecule has 0 saturated carbocycles. The largest absolute Gasteiger partial charge is 0.320 e. The van der Waals surface area contributed by atoms with Crippen LogP contribution in [0.25, 0.3) is 0 Å². The molecule has 0 aliphatic carbocycles. The number of nitrogens with one attached hydrogen (secondary N) is 2. The summed E-state index contributed by atoms with van der Waals surface area (Å²) in [5.74, 6) is 3.86. The predicted molar refractivity (Wildman–Crippen MR) is 66.1 cm³/mol. The van der Waals surface area contributed by atoms with Crippen LogP contribution in [0.5, 0.6) is 0 Å². The molecule has 1 aliphatic heterocycles. The van der Waals surface area contributed by atoms with E-state index in [0.717, 1.165) is 4.90 Å². The van der Waals surface area contributed by atoms with E-state index in [2.05, 4.69) is 15.7 Å². The van der Waals surface area contributed by atoms with Gasteiger partial charge in [-0.3, -0.25) is 19.7 Å². The van der Waals surface area contributed by atoms with Gasteiger partial charge < -0.3 is 10.3 Å². The minimum Gasteiger partial charge on any atom is -0.320 e. The van der Waals surface area contributed by atoms with Gasteiger partial charge in [0, 0.05) is 5.56 Å². The van der Waals surface area contributed by atoms with Crippen molar-refractivity contribution in [1.82, 2.24) is 15.2 Å². The molecule has 0 radical (unpaired) electrons. The van der Waals surface area contributed by atoms with E-state index in [1.807, 2.05) is 0 Å². The van der Waals surface area contributed by atoms with Crippen LogP contribution in [0.3, 0.4) is 0 Å². The van der Waals surface area contributed by atoms with Crippen LogP contribution in [-0.4, -0.2) is 40.7 Å². The van der Waals surface area contributed by atoms with Crippen molar-refractivity contribution < 1.29 is 14.4 Å². The number of nitrogens with zero attached hydrogens (tertiary/aromatic N) is 2. The second-order valence-electron chi connectivity index (χ2n) is 3.84. The first-order chi connectivity index (χ1) is 8.99. The molecule has 1 aliphatic rings. The molecule has 0 unspecified atom stereocenters. The predicted octanol–water partition coefficient (Wildman–Crippen LogP) is -0.881. The average Bonchev–Trinajstić information content (AvgIpc) is 2.35. The van der Waals surface area contributed by atoms with Crippen molar-refractivity contribution in [3.63, 3.8) is 0 Å². The van der Waals surface area contributed by atoms with Gasteiger partial charge in [0.25, 0.3) is 5.91 Å². The lowest BCUT2D eigenvalue weighted by Crippen LogP contribution is -2.53. The molecule has 100 valence electrons. The van der Waals surface area contributed by atoms with Crippen molar-refractivity contribution in [2.24, 2.45) is 5.84 Å².